The fourth-order valence-electron chi connectivity index (χ4n) is 4.24. The van der Waals surface area contributed by atoms with Crippen molar-refractivity contribution in [3.63, 3.8) is 0 Å². The Kier molecular flexibility index (Phi) is 5.80. The number of Topliss-reactive ketones (excluding diaryl/α,β-unsaturated/α-hetero) is 1. The highest BCUT2D eigenvalue weighted by atomic mass is 79.9. The van der Waals surface area contributed by atoms with Gasteiger partial charge in [0.1, 0.15) is 16.2 Å². The third-order valence-electron chi connectivity index (χ3n) is 6.27. The molecule has 1 saturated carbocycles. The minimum Gasteiger partial charge on any atom is -0.480 e. The predicted octanol–water partition coefficient (Wildman–Crippen LogP) is 4.29. The second-order valence-electron chi connectivity index (χ2n) is 8.95. The molecule has 5 rings (SSSR count). The molecule has 1 fully saturated rings. The second-order valence-corrected chi connectivity index (χ2v) is 9.87. The van der Waals surface area contributed by atoms with Crippen LogP contribution in [-0.2, 0) is 16.0 Å². The number of aromatic nitrogens is 4. The number of hydrogen-bond acceptors (Lipinski definition) is 6. The van der Waals surface area contributed by atoms with Crippen LogP contribution in [0.3, 0.4) is 0 Å². The lowest BCUT2D eigenvalue weighted by Crippen LogP contribution is -2.57. The third-order valence-corrected chi connectivity index (χ3v) is 7.12. The summed E-state index contributed by atoms with van der Waals surface area (Å²) in [5.41, 5.74) is 3.83. The van der Waals surface area contributed by atoms with E-state index in [4.69, 9.17) is 4.98 Å². The van der Waals surface area contributed by atoms with Gasteiger partial charge in [0.25, 0.3) is 0 Å². The van der Waals surface area contributed by atoms with Gasteiger partial charge >= 0.3 is 5.97 Å². The molecule has 0 aliphatic heterocycles. The normalized spacial score (nSPS) is 19.0. The van der Waals surface area contributed by atoms with Crippen molar-refractivity contribution in [1.82, 2.24) is 19.5 Å². The Morgan fingerprint density at radius 1 is 1.17 bits per heavy atom. The van der Waals surface area contributed by atoms with Gasteiger partial charge in [0, 0.05) is 42.0 Å². The van der Waals surface area contributed by atoms with E-state index in [0.717, 1.165) is 28.2 Å². The van der Waals surface area contributed by atoms with Crippen molar-refractivity contribution in [2.75, 3.05) is 0 Å². The minimum atomic E-state index is -1.03. The molecule has 0 spiro atoms. The fraction of sp³-hybridized carbons (Fsp3) is 0.231. The molecular formula is C26H22BrN5O3. The zero-order chi connectivity index (χ0) is 24.7. The summed E-state index contributed by atoms with van der Waals surface area (Å²) in [5, 5.41) is 9.78. The third kappa shape index (κ3) is 4.05. The summed E-state index contributed by atoms with van der Waals surface area (Å²) in [5.74, 6) is -0.301. The van der Waals surface area contributed by atoms with Gasteiger partial charge in [0.15, 0.2) is 17.5 Å². The van der Waals surface area contributed by atoms with Crippen LogP contribution in [0.1, 0.15) is 19.4 Å². The maximum absolute atomic E-state index is 12.1. The van der Waals surface area contributed by atoms with Crippen molar-refractivity contribution >= 4 is 44.6 Å². The quantitative estimate of drug-likeness (QED) is 0.371. The number of carbonyl (C=O) groups is 2. The Hall–Kier alpha value is -3.72. The van der Waals surface area contributed by atoms with E-state index in [1.807, 2.05) is 53.1 Å². The van der Waals surface area contributed by atoms with Crippen LogP contribution in [0.2, 0.25) is 0 Å². The van der Waals surface area contributed by atoms with E-state index in [9.17, 15) is 14.7 Å². The van der Waals surface area contributed by atoms with Gasteiger partial charge in [-0.15, -0.1) is 0 Å². The van der Waals surface area contributed by atoms with Gasteiger partial charge < -0.3 is 5.11 Å². The lowest BCUT2D eigenvalue weighted by atomic mass is 9.68. The summed E-state index contributed by atoms with van der Waals surface area (Å²) < 4.78 is 1.96. The molecule has 4 aromatic rings. The summed E-state index contributed by atoms with van der Waals surface area (Å²) >= 11 is 3.32. The molecule has 1 aliphatic rings. The second kappa shape index (κ2) is 8.81. The van der Waals surface area contributed by atoms with Gasteiger partial charge in [-0.25, -0.2) is 14.8 Å². The molecule has 1 N–H and O–H groups in total. The molecule has 0 bridgehead atoms. The Labute approximate surface area is 209 Å². The number of fused-ring (bicyclic) bond motifs is 1. The van der Waals surface area contributed by atoms with Crippen LogP contribution in [0, 0.1) is 5.41 Å². The van der Waals surface area contributed by atoms with E-state index in [2.05, 4.69) is 30.9 Å². The number of benzene rings is 1. The molecule has 2 atom stereocenters. The highest BCUT2D eigenvalue weighted by molar-refractivity contribution is 9.10. The molecule has 1 aromatic carbocycles. The first-order valence-electron chi connectivity index (χ1n) is 11.1. The van der Waals surface area contributed by atoms with E-state index in [1.165, 1.54) is 0 Å². The van der Waals surface area contributed by atoms with Gasteiger partial charge in [0.2, 0.25) is 0 Å². The van der Waals surface area contributed by atoms with Crippen LogP contribution < -0.4 is 0 Å². The van der Waals surface area contributed by atoms with Gasteiger partial charge in [-0.3, -0.25) is 19.3 Å². The van der Waals surface area contributed by atoms with Crippen molar-refractivity contribution in [3.8, 4) is 17.1 Å². The van der Waals surface area contributed by atoms with E-state index < -0.39 is 22.3 Å². The minimum absolute atomic E-state index is 0.00956. The zero-order valence-electron chi connectivity index (χ0n) is 19.1. The van der Waals surface area contributed by atoms with Crippen molar-refractivity contribution in [1.29, 1.82) is 0 Å². The van der Waals surface area contributed by atoms with Gasteiger partial charge in [-0.2, -0.15) is 0 Å². The molecule has 176 valence electrons. The molecule has 1 aliphatic carbocycles. The first-order valence-corrected chi connectivity index (χ1v) is 12.0. The number of imidazole rings is 1. The number of alkyl halides is 1. The molecule has 8 nitrogen and oxygen atoms in total. The van der Waals surface area contributed by atoms with Crippen molar-refractivity contribution < 1.29 is 14.7 Å². The molecule has 1 unspecified atom stereocenters. The number of nitrogens with zero attached hydrogens (tertiary/aromatic N) is 5. The summed E-state index contributed by atoms with van der Waals surface area (Å²) in [6.07, 6.45) is 5.40. The molecule has 0 radical (unpaired) electrons. The highest BCUT2D eigenvalue weighted by Gasteiger charge is 2.52. The fourth-order valence-corrected chi connectivity index (χ4v) is 5.50. The Morgan fingerprint density at radius 3 is 2.57 bits per heavy atom. The van der Waals surface area contributed by atoms with Crippen LogP contribution in [0.25, 0.3) is 28.2 Å². The Morgan fingerprint density at radius 2 is 1.91 bits per heavy atom. The van der Waals surface area contributed by atoms with Crippen molar-refractivity contribution in [2.24, 2.45) is 10.4 Å². The first kappa shape index (κ1) is 23.0. The van der Waals surface area contributed by atoms with Gasteiger partial charge in [-0.05, 0) is 55.8 Å². The maximum atomic E-state index is 12.1. The molecule has 0 amide bonds. The number of rotatable bonds is 6. The number of hydrogen-bond donors (Lipinski definition) is 1. The van der Waals surface area contributed by atoms with Crippen LogP contribution >= 0.6 is 15.9 Å². The van der Waals surface area contributed by atoms with E-state index in [1.54, 1.807) is 32.4 Å². The number of carboxylic acid groups (broad SMARTS) is 1. The zero-order valence-corrected chi connectivity index (χ0v) is 20.7. The van der Waals surface area contributed by atoms with Gasteiger partial charge in [0.05, 0.1) is 5.41 Å². The lowest BCUT2D eigenvalue weighted by molar-refractivity contribution is -0.138. The SMILES string of the molecule is CC1(C)C(=O)C(Br)C1=N[C@@H](Cc1ccc(-n2c(-c3cccnc3)nc3cccnc32)cc1)C(=O)O. The number of halogens is 1. The average molecular weight is 532 g/mol. The topological polar surface area (TPSA) is 110 Å². The molecule has 3 heterocycles. The average Bonchev–Trinajstić information content (AvgIpc) is 3.26. The van der Waals surface area contributed by atoms with Gasteiger partial charge in [-0.1, -0.05) is 28.1 Å². The number of pyridine rings is 2. The molecular weight excluding hydrogens is 510 g/mol. The lowest BCUT2D eigenvalue weighted by Gasteiger charge is -2.40. The van der Waals surface area contributed by atoms with Crippen LogP contribution in [0.15, 0.2) is 72.1 Å². The summed E-state index contributed by atoms with van der Waals surface area (Å²) in [4.78, 5) is 41.5. The number of carboxylic acids is 1. The predicted molar refractivity (Wildman–Crippen MR) is 136 cm³/mol. The summed E-state index contributed by atoms with van der Waals surface area (Å²) in [6, 6.07) is 14.2. The van der Waals surface area contributed by atoms with Crippen molar-refractivity contribution in [3.05, 3.63) is 72.7 Å². The largest absolute Gasteiger partial charge is 0.480 e. The number of carbonyl (C=O) groups excluding carboxylic acids is 1. The monoisotopic (exact) mass is 531 g/mol. The molecule has 0 saturated heterocycles. The van der Waals surface area contributed by atoms with Crippen LogP contribution in [0.4, 0.5) is 0 Å². The molecule has 35 heavy (non-hydrogen) atoms. The standard InChI is InChI=1S/C26H22BrN5O3/c1-26(2)21(20(27)22(26)33)30-19(25(34)35)13-15-7-9-17(10-8-15)32-23(16-5-3-11-28-14-16)31-18-6-4-12-29-24(18)32/h3-12,14,19-20H,13H2,1-2H3,(H,34,35)/t19-,20?/m0/s1. The smallest absolute Gasteiger partial charge is 0.328 e. The van der Waals surface area contributed by atoms with E-state index >= 15 is 0 Å². The van der Waals surface area contributed by atoms with Crippen LogP contribution in [-0.4, -0.2) is 53.0 Å². The highest BCUT2D eigenvalue weighted by Crippen LogP contribution is 2.38. The van der Waals surface area contributed by atoms with Crippen LogP contribution in [0.5, 0.6) is 0 Å². The number of aliphatic carboxylic acids is 1. The Balaban J connectivity index is 1.48. The first-order chi connectivity index (χ1) is 16.8. The Bertz CT molecular complexity index is 1460. The summed E-state index contributed by atoms with van der Waals surface area (Å²) in [6.45, 7) is 3.53. The maximum Gasteiger partial charge on any atom is 0.328 e. The molecule has 3 aromatic heterocycles. The number of aliphatic imine (C=N–C) groups is 1. The number of ketones is 1. The van der Waals surface area contributed by atoms with Crippen molar-refractivity contribution in [2.45, 2.75) is 31.1 Å². The molecule has 9 heteroatoms. The van der Waals surface area contributed by atoms with E-state index in [0.29, 0.717) is 11.4 Å². The summed E-state index contributed by atoms with van der Waals surface area (Å²) in [7, 11) is 0. The van der Waals surface area contributed by atoms with E-state index in [-0.39, 0.29) is 12.2 Å².